The molecule has 140 heavy (non-hydrogen) atoms. The van der Waals surface area contributed by atoms with Crippen molar-refractivity contribution in [3.63, 3.8) is 0 Å². The number of phenolic OH excluding ortho intramolecular Hbond substituents is 2. The summed E-state index contributed by atoms with van der Waals surface area (Å²) in [6.45, 7) is 19.2. The second-order valence-electron chi connectivity index (χ2n) is 36.8. The summed E-state index contributed by atoms with van der Waals surface area (Å²) in [5, 5.41) is 20.8. The van der Waals surface area contributed by atoms with Crippen molar-refractivity contribution in [2.45, 2.75) is 140 Å². The van der Waals surface area contributed by atoms with Crippen LogP contribution in [0.2, 0.25) is 0 Å². The van der Waals surface area contributed by atoms with Gasteiger partial charge in [-0.2, -0.15) is 79.0 Å². The van der Waals surface area contributed by atoms with E-state index in [0.29, 0.717) is 154 Å². The van der Waals surface area contributed by atoms with Crippen LogP contribution in [0.5, 0.6) is 11.5 Å². The van der Waals surface area contributed by atoms with E-state index in [2.05, 4.69) is 6.07 Å². The monoisotopic (exact) mass is 1950 g/mol. The maximum atomic E-state index is 16.0. The molecule has 0 saturated heterocycles. The summed E-state index contributed by atoms with van der Waals surface area (Å²) in [5.74, 6) is -15.3. The van der Waals surface area contributed by atoms with Crippen LogP contribution >= 0.6 is 0 Å². The number of imide groups is 6. The van der Waals surface area contributed by atoms with Crippen LogP contribution in [0, 0.1) is 34.6 Å². The standard InChI is InChI=1S/C69H52F12N4O8.C33H20F6N2O6/c1-31-20-35(36-23-41(62(5,6)7)26-42(24-36)63(8,9)10)25-43(21-31)83-56(88)45-17-13-38(28-49(45)59(83)91)65(68(76,77)78,69(79,80)81)40-15-19-47-51(30-40)61(93)85(58(47)90)53-33(3)22-32(2)52(34(53)4)84-57(89)46-18-14-39(29-50(46)60(84)92)64(66(70,71)72,67(73,74)75)37-12-16-44-48(27-37)55(87)82(11)54(44)86;1-15-3-4-16(11-25(15)42)17-5-10-24(26(43)12-17)41-29(46)21-9-7-19(14-23(21)30(41)47)31(32(34,35)36,33(37,38)39)18-6-8-20-22(13-18)28(45)40(2)27(20)44/h12-30H,1-11H3;3-14,42-43H,1-2H3. The third-order valence-electron chi connectivity index (χ3n) is 26.3. The summed E-state index contributed by atoms with van der Waals surface area (Å²) < 4.78 is 279. The van der Waals surface area contributed by atoms with Crippen molar-refractivity contribution in [3.8, 4) is 33.8 Å². The zero-order valence-corrected chi connectivity index (χ0v) is 75.2. The number of amides is 12. The highest BCUT2D eigenvalue weighted by molar-refractivity contribution is 6.39. The van der Waals surface area contributed by atoms with Gasteiger partial charge >= 0.3 is 37.1 Å². The number of carbonyl (C=O) groups is 12. The zero-order chi connectivity index (χ0) is 103. The maximum absolute atomic E-state index is 16.0. The Bertz CT molecular complexity index is 7380. The molecule has 0 radical (unpaired) electrons. The molecule has 12 amide bonds. The predicted octanol–water partition coefficient (Wildman–Crippen LogP) is 22.1. The van der Waals surface area contributed by atoms with E-state index in [1.54, 1.807) is 32.0 Å². The number of alkyl halides is 18. The third-order valence-corrected chi connectivity index (χ3v) is 26.3. The minimum atomic E-state index is -6.36. The van der Waals surface area contributed by atoms with E-state index in [-0.39, 0.29) is 68.4 Å². The van der Waals surface area contributed by atoms with Crippen LogP contribution in [-0.2, 0) is 27.1 Å². The number of phenols is 2. The van der Waals surface area contributed by atoms with E-state index in [1.165, 1.54) is 56.3 Å². The molecule has 11 aromatic rings. The number of halogens is 18. The van der Waals surface area contributed by atoms with Crippen molar-refractivity contribution < 1.29 is 147 Å². The number of aryl methyl sites for hydroxylation is 4. The van der Waals surface area contributed by atoms with E-state index in [0.717, 1.165) is 32.1 Å². The fraction of sp³-hybridized carbons (Fsp3) is 0.235. The molecule has 0 bridgehead atoms. The third kappa shape index (κ3) is 14.4. The normalized spacial score (nSPS) is 15.5. The molecule has 0 unspecified atom stereocenters. The highest BCUT2D eigenvalue weighted by Gasteiger charge is 2.76. The Labute approximate surface area is 781 Å². The first kappa shape index (κ1) is 97.7. The molecule has 6 aliphatic heterocycles. The molecule has 17 rings (SSSR count). The fourth-order valence-electron chi connectivity index (χ4n) is 19.1. The number of rotatable bonds is 12. The van der Waals surface area contributed by atoms with Crippen molar-refractivity contribution in [1.82, 2.24) is 9.80 Å². The second kappa shape index (κ2) is 32.1. The minimum Gasteiger partial charge on any atom is -0.508 e. The highest BCUT2D eigenvalue weighted by atomic mass is 19.4. The number of hydrogen-bond donors (Lipinski definition) is 2. The number of carbonyl (C=O) groups excluding carboxylic acids is 12. The van der Waals surface area contributed by atoms with Gasteiger partial charge in [0.1, 0.15) is 11.5 Å². The quantitative estimate of drug-likeness (QED) is 0.0851. The number of hydrogen-bond acceptors (Lipinski definition) is 14. The summed E-state index contributed by atoms with van der Waals surface area (Å²) in [6, 6.07) is 27.9. The summed E-state index contributed by atoms with van der Waals surface area (Å²) in [6.07, 6.45) is -37.5. The average molecular weight is 1950 g/mol. The molecule has 0 aromatic heterocycles. The van der Waals surface area contributed by atoms with Crippen LogP contribution in [0.3, 0.4) is 0 Å². The summed E-state index contributed by atoms with van der Waals surface area (Å²) in [7, 11) is 1.98. The Kier molecular flexibility index (Phi) is 22.4. The fourth-order valence-corrected chi connectivity index (χ4v) is 19.1. The molecule has 0 fully saturated rings. The van der Waals surface area contributed by atoms with E-state index < -0.39 is 236 Å². The lowest BCUT2D eigenvalue weighted by Gasteiger charge is -2.38. The van der Waals surface area contributed by atoms with E-state index in [9.17, 15) is 94.1 Å². The largest absolute Gasteiger partial charge is 0.508 e. The Morgan fingerprint density at radius 1 is 0.229 bits per heavy atom. The Morgan fingerprint density at radius 3 is 0.807 bits per heavy atom. The first-order valence-corrected chi connectivity index (χ1v) is 42.2. The van der Waals surface area contributed by atoms with Crippen LogP contribution in [0.4, 0.5) is 102 Å². The van der Waals surface area contributed by atoms with Gasteiger partial charge in [0, 0.05) is 14.1 Å². The molecular formula is C102H72F18N6O14. The summed E-state index contributed by atoms with van der Waals surface area (Å²) in [4.78, 5) is 167. The lowest BCUT2D eigenvalue weighted by molar-refractivity contribution is -0.290. The van der Waals surface area contributed by atoms with Gasteiger partial charge < -0.3 is 10.2 Å². The lowest BCUT2D eigenvalue weighted by atomic mass is 9.71. The molecule has 11 aromatic carbocycles. The molecule has 0 atom stereocenters. The van der Waals surface area contributed by atoms with Gasteiger partial charge in [0.2, 0.25) is 16.2 Å². The molecular weight excluding hydrogens is 1880 g/mol. The van der Waals surface area contributed by atoms with Crippen LogP contribution in [0.1, 0.15) is 238 Å². The van der Waals surface area contributed by atoms with Crippen LogP contribution in [-0.4, -0.2) is 142 Å². The predicted molar refractivity (Wildman–Crippen MR) is 469 cm³/mol. The topological polar surface area (TPSA) is 265 Å². The average Bonchev–Trinajstić information content (AvgIpc) is 0.744. The number of aromatic hydroxyl groups is 2. The smallest absolute Gasteiger partial charge is 0.411 e. The molecule has 0 aliphatic carbocycles. The molecule has 0 saturated carbocycles. The molecule has 20 nitrogen and oxygen atoms in total. The van der Waals surface area contributed by atoms with Crippen molar-refractivity contribution >= 4 is 93.6 Å². The minimum absolute atomic E-state index is 0.0253. The number of anilines is 4. The van der Waals surface area contributed by atoms with Gasteiger partial charge in [0.15, 0.2) is 0 Å². The van der Waals surface area contributed by atoms with Crippen LogP contribution in [0.25, 0.3) is 22.3 Å². The van der Waals surface area contributed by atoms with Gasteiger partial charge in [-0.15, -0.1) is 0 Å². The van der Waals surface area contributed by atoms with Gasteiger partial charge in [-0.05, 0) is 243 Å². The van der Waals surface area contributed by atoms with Gasteiger partial charge in [0.25, 0.3) is 70.9 Å². The first-order valence-electron chi connectivity index (χ1n) is 42.2. The van der Waals surface area contributed by atoms with Gasteiger partial charge in [0.05, 0.1) is 89.5 Å². The van der Waals surface area contributed by atoms with Crippen molar-refractivity contribution in [3.05, 3.63) is 327 Å². The molecule has 38 heteroatoms. The van der Waals surface area contributed by atoms with Crippen molar-refractivity contribution in [2.75, 3.05) is 33.7 Å². The Morgan fingerprint density at radius 2 is 0.493 bits per heavy atom. The molecule has 0 spiro atoms. The summed E-state index contributed by atoms with van der Waals surface area (Å²) in [5.41, 5.74) is -30.1. The molecule has 6 aliphatic rings. The van der Waals surface area contributed by atoms with E-state index >= 15 is 52.7 Å². The van der Waals surface area contributed by atoms with Crippen LogP contribution in [0.15, 0.2) is 188 Å². The van der Waals surface area contributed by atoms with Gasteiger partial charge in [-0.3, -0.25) is 67.3 Å². The van der Waals surface area contributed by atoms with E-state index in [1.807, 2.05) is 53.7 Å². The van der Waals surface area contributed by atoms with Gasteiger partial charge in [-0.25, -0.2) is 19.6 Å². The first-order chi connectivity index (χ1) is 64.7. The number of fused-ring (bicyclic) bond motifs is 6. The Hall–Kier alpha value is -15.4. The number of benzene rings is 11. The summed E-state index contributed by atoms with van der Waals surface area (Å²) >= 11 is 0. The molecule has 720 valence electrons. The zero-order valence-electron chi connectivity index (χ0n) is 75.2. The Balaban J connectivity index is 0.000000251. The van der Waals surface area contributed by atoms with Crippen molar-refractivity contribution in [2.24, 2.45) is 0 Å². The number of nitrogens with zero attached hydrogens (tertiary/aromatic N) is 6. The molecule has 2 N–H and O–H groups in total. The van der Waals surface area contributed by atoms with E-state index in [4.69, 9.17) is 0 Å². The lowest BCUT2D eigenvalue weighted by Crippen LogP contribution is -2.55. The van der Waals surface area contributed by atoms with Gasteiger partial charge in [-0.1, -0.05) is 126 Å². The second-order valence-corrected chi connectivity index (χ2v) is 36.8. The van der Waals surface area contributed by atoms with Crippen molar-refractivity contribution in [1.29, 1.82) is 0 Å². The van der Waals surface area contributed by atoms with Crippen LogP contribution < -0.4 is 19.6 Å². The maximum Gasteiger partial charge on any atom is 0.411 e. The molecule has 6 heterocycles. The highest BCUT2D eigenvalue weighted by Crippen LogP contribution is 2.62. The SMILES string of the molecule is Cc1cc(-c2cc(C(C)(C)C)cc(C(C)(C)C)c2)cc(N2C(=O)c3ccc(C(c4ccc5c(c4)C(=O)N(c4c(C)cc(C)c(N6C(=O)c7ccc(C(c8ccc9c(c8)C(=O)N(C)C9=O)(C(F)(F)F)C(F)(F)F)cc7C6=O)c4C)C5=O)(C(F)(F)F)C(F)(F)F)cc3C2=O)c1.Cc1ccc(-c2ccc(N3C(=O)c4ccc(C(c5ccc6c(c5)C(=O)N(C)C6=O)(C(F)(F)F)C(F)(F)F)cc4C3=O)c(O)c2)cc1O.